The standard InChI is InChI=1S/C26H23F6NO7S/c1-36-23(25(27,28)29,17-9-5-3-6-10-17)20(34)38-15-19(16-39-22-33-13-14-41-22)40-21(35)24(37-2,26(30,31)32)18-11-7-4-8-12-18/h3-14,19H,15-16H2,1-2H3/t19-,23-,24-/m0/s1. The molecular weight excluding hydrogens is 584 g/mol. The Morgan fingerprint density at radius 2 is 1.27 bits per heavy atom. The molecule has 222 valence electrons. The number of methoxy groups -OCH3 is 2. The molecule has 15 heteroatoms. The van der Waals surface area contributed by atoms with Crippen LogP contribution in [0.15, 0.2) is 72.2 Å². The van der Waals surface area contributed by atoms with Gasteiger partial charge in [0.05, 0.1) is 0 Å². The fourth-order valence-electron chi connectivity index (χ4n) is 3.84. The van der Waals surface area contributed by atoms with Crippen LogP contribution in [0.2, 0.25) is 0 Å². The van der Waals surface area contributed by atoms with Gasteiger partial charge in [0.15, 0.2) is 6.10 Å². The first-order valence-electron chi connectivity index (χ1n) is 11.6. The summed E-state index contributed by atoms with van der Waals surface area (Å²) in [6.45, 7) is -1.88. The van der Waals surface area contributed by atoms with E-state index in [1.807, 2.05) is 0 Å². The predicted octanol–water partition coefficient (Wildman–Crippen LogP) is 5.19. The zero-order valence-electron chi connectivity index (χ0n) is 21.4. The summed E-state index contributed by atoms with van der Waals surface area (Å²) >= 11 is 0.973. The number of carbonyl (C=O) groups excluding carboxylic acids is 2. The maximum Gasteiger partial charge on any atom is 0.432 e. The molecule has 3 rings (SSSR count). The highest BCUT2D eigenvalue weighted by Gasteiger charge is 2.65. The second-order valence-corrected chi connectivity index (χ2v) is 9.09. The molecule has 0 aliphatic carbocycles. The molecule has 0 amide bonds. The minimum atomic E-state index is -5.34. The number of alkyl halides is 6. The fraction of sp³-hybridized carbons (Fsp3) is 0.346. The molecular formula is C26H23F6NO7S. The van der Waals surface area contributed by atoms with Crippen LogP contribution in [0.5, 0.6) is 5.19 Å². The topological polar surface area (TPSA) is 93.2 Å². The summed E-state index contributed by atoms with van der Waals surface area (Å²) in [5, 5.41) is 1.50. The molecule has 0 spiro atoms. The molecule has 0 N–H and O–H groups in total. The van der Waals surface area contributed by atoms with Crippen LogP contribution in [-0.2, 0) is 39.7 Å². The zero-order chi connectivity index (χ0) is 30.3. The van der Waals surface area contributed by atoms with Gasteiger partial charge in [0.2, 0.25) is 0 Å². The Bertz CT molecular complexity index is 1270. The molecule has 0 aliphatic heterocycles. The number of ether oxygens (including phenoxy) is 5. The molecule has 1 heterocycles. The van der Waals surface area contributed by atoms with E-state index in [1.54, 1.807) is 0 Å². The summed E-state index contributed by atoms with van der Waals surface area (Å²) < 4.78 is 110. The third kappa shape index (κ3) is 6.47. The van der Waals surface area contributed by atoms with Crippen molar-refractivity contribution < 1.29 is 59.6 Å². The lowest BCUT2D eigenvalue weighted by Gasteiger charge is -2.34. The number of rotatable bonds is 12. The van der Waals surface area contributed by atoms with Crippen molar-refractivity contribution >= 4 is 23.3 Å². The van der Waals surface area contributed by atoms with Gasteiger partial charge in [-0.25, -0.2) is 14.6 Å². The van der Waals surface area contributed by atoms with Gasteiger partial charge in [-0.05, 0) is 0 Å². The molecule has 0 aliphatic rings. The number of hydrogen-bond donors (Lipinski definition) is 0. The molecule has 0 bridgehead atoms. The maximum atomic E-state index is 14.3. The molecule has 0 saturated heterocycles. The van der Waals surface area contributed by atoms with Gasteiger partial charge in [0.1, 0.15) is 13.2 Å². The largest absolute Gasteiger partial charge is 0.466 e. The maximum absolute atomic E-state index is 14.3. The smallest absolute Gasteiger partial charge is 0.432 e. The van der Waals surface area contributed by atoms with Crippen molar-refractivity contribution in [2.75, 3.05) is 27.4 Å². The number of benzene rings is 2. The first-order valence-corrected chi connectivity index (χ1v) is 12.5. The Balaban J connectivity index is 1.93. The first-order chi connectivity index (χ1) is 19.3. The summed E-state index contributed by atoms with van der Waals surface area (Å²) in [5.41, 5.74) is -8.46. The number of esters is 2. The van der Waals surface area contributed by atoms with Crippen molar-refractivity contribution in [3.63, 3.8) is 0 Å². The van der Waals surface area contributed by atoms with Gasteiger partial charge < -0.3 is 23.7 Å². The van der Waals surface area contributed by atoms with Crippen LogP contribution in [0, 0.1) is 0 Å². The Hall–Kier alpha value is -3.69. The van der Waals surface area contributed by atoms with Gasteiger partial charge in [0.25, 0.3) is 16.4 Å². The van der Waals surface area contributed by atoms with Crippen molar-refractivity contribution in [2.24, 2.45) is 0 Å². The second kappa shape index (κ2) is 12.9. The minimum Gasteiger partial charge on any atom is -0.466 e. The minimum absolute atomic E-state index is 0.0000708. The number of thiazole rings is 1. The van der Waals surface area contributed by atoms with E-state index in [0.717, 1.165) is 35.6 Å². The third-order valence-corrected chi connectivity index (χ3v) is 6.51. The number of carbonyl (C=O) groups is 2. The summed E-state index contributed by atoms with van der Waals surface area (Å²) in [6, 6.07) is 11.7. The van der Waals surface area contributed by atoms with E-state index in [1.165, 1.54) is 48.0 Å². The van der Waals surface area contributed by atoms with Crippen LogP contribution in [0.1, 0.15) is 11.1 Å². The van der Waals surface area contributed by atoms with Crippen LogP contribution >= 0.6 is 11.3 Å². The predicted molar refractivity (Wildman–Crippen MR) is 131 cm³/mol. The molecule has 8 nitrogen and oxygen atoms in total. The fourth-order valence-corrected chi connectivity index (χ4v) is 4.34. The summed E-state index contributed by atoms with van der Waals surface area (Å²) in [7, 11) is 1.28. The molecule has 41 heavy (non-hydrogen) atoms. The highest BCUT2D eigenvalue weighted by Crippen LogP contribution is 2.44. The van der Waals surface area contributed by atoms with Crippen LogP contribution in [0.4, 0.5) is 26.3 Å². The van der Waals surface area contributed by atoms with E-state index in [9.17, 15) is 35.9 Å². The van der Waals surface area contributed by atoms with Gasteiger partial charge in [-0.3, -0.25) is 0 Å². The lowest BCUT2D eigenvalue weighted by Crippen LogP contribution is -2.54. The van der Waals surface area contributed by atoms with E-state index < -0.39 is 65.9 Å². The van der Waals surface area contributed by atoms with E-state index in [0.29, 0.717) is 14.2 Å². The van der Waals surface area contributed by atoms with Crippen LogP contribution in [0.25, 0.3) is 0 Å². The Labute approximate surface area is 233 Å². The SMILES string of the molecule is CO[C@](C(=O)OC[C@@H](COc1nccs1)OC(=O)[C@@](OC)(c1ccccc1)C(F)(F)F)(c1ccccc1)C(F)(F)F. The van der Waals surface area contributed by atoms with Gasteiger partial charge >= 0.3 is 24.3 Å². The van der Waals surface area contributed by atoms with E-state index in [4.69, 9.17) is 14.2 Å². The Kier molecular flexibility index (Phi) is 9.99. The molecule has 3 aromatic rings. The van der Waals surface area contributed by atoms with Gasteiger partial charge in [-0.2, -0.15) is 26.3 Å². The third-order valence-electron chi connectivity index (χ3n) is 5.82. The summed E-state index contributed by atoms with van der Waals surface area (Å²) in [6.07, 6.45) is -11.2. The van der Waals surface area contributed by atoms with Crippen LogP contribution in [-0.4, -0.2) is 62.8 Å². The molecule has 1 aromatic heterocycles. The summed E-state index contributed by atoms with van der Waals surface area (Å²) in [5.74, 6) is -3.93. The normalized spacial score (nSPS) is 15.7. The Morgan fingerprint density at radius 1 is 0.780 bits per heavy atom. The van der Waals surface area contributed by atoms with Gasteiger partial charge in [-0.15, -0.1) is 0 Å². The van der Waals surface area contributed by atoms with E-state index >= 15 is 0 Å². The lowest BCUT2D eigenvalue weighted by molar-refractivity contribution is -0.282. The number of halogens is 6. The molecule has 2 aromatic carbocycles. The highest BCUT2D eigenvalue weighted by atomic mass is 32.1. The lowest BCUT2D eigenvalue weighted by atomic mass is 9.92. The van der Waals surface area contributed by atoms with E-state index in [-0.39, 0.29) is 5.19 Å². The van der Waals surface area contributed by atoms with Crippen molar-refractivity contribution in [2.45, 2.75) is 29.7 Å². The van der Waals surface area contributed by atoms with Crippen molar-refractivity contribution in [1.29, 1.82) is 0 Å². The van der Waals surface area contributed by atoms with Crippen molar-refractivity contribution in [3.05, 3.63) is 83.4 Å². The van der Waals surface area contributed by atoms with Crippen molar-refractivity contribution in [1.82, 2.24) is 4.98 Å². The Morgan fingerprint density at radius 3 is 1.68 bits per heavy atom. The van der Waals surface area contributed by atoms with Crippen LogP contribution in [0.3, 0.4) is 0 Å². The van der Waals surface area contributed by atoms with Crippen molar-refractivity contribution in [3.8, 4) is 5.19 Å². The first kappa shape index (κ1) is 31.8. The van der Waals surface area contributed by atoms with E-state index in [2.05, 4.69) is 14.5 Å². The quantitative estimate of drug-likeness (QED) is 0.205. The number of aromatic nitrogens is 1. The molecule has 0 fully saturated rings. The highest BCUT2D eigenvalue weighted by molar-refractivity contribution is 7.11. The van der Waals surface area contributed by atoms with Crippen LogP contribution < -0.4 is 4.74 Å². The molecule has 0 radical (unpaired) electrons. The zero-order valence-corrected chi connectivity index (χ0v) is 22.2. The molecule has 3 atom stereocenters. The van der Waals surface area contributed by atoms with Gasteiger partial charge in [-0.1, -0.05) is 72.0 Å². The molecule has 0 unspecified atom stereocenters. The number of nitrogens with zero attached hydrogens (tertiary/aromatic N) is 1. The second-order valence-electron chi connectivity index (χ2n) is 8.23. The monoisotopic (exact) mass is 607 g/mol. The average molecular weight is 608 g/mol. The molecule has 0 saturated carbocycles. The summed E-state index contributed by atoms with van der Waals surface area (Å²) in [4.78, 5) is 29.9. The number of hydrogen-bond acceptors (Lipinski definition) is 9. The van der Waals surface area contributed by atoms with Gasteiger partial charge in [0, 0.05) is 36.9 Å². The average Bonchev–Trinajstić information content (AvgIpc) is 3.45.